The summed E-state index contributed by atoms with van der Waals surface area (Å²) in [6.07, 6.45) is 1.03. The van der Waals surface area contributed by atoms with Crippen molar-refractivity contribution in [2.45, 2.75) is 26.2 Å². The van der Waals surface area contributed by atoms with E-state index in [-0.39, 0.29) is 4.70 Å². The first-order chi connectivity index (χ1) is 6.15. The number of benzene rings is 1. The van der Waals surface area contributed by atoms with E-state index in [0.717, 1.165) is 12.0 Å². The fourth-order valence-corrected chi connectivity index (χ4v) is 1.21. The fraction of sp³-hybridized carbons (Fsp3) is 0.364. The average Bonchev–Trinajstić information content (AvgIpc) is 2.17. The van der Waals surface area contributed by atoms with Gasteiger partial charge in [-0.15, -0.1) is 0 Å². The molecule has 3 heteroatoms. The number of halogens is 1. The molecule has 1 aromatic rings. The summed E-state index contributed by atoms with van der Waals surface area (Å²) in [6, 6.07) is 7.14. The Kier molecular flexibility index (Phi) is 4.84. The molecular weight excluding hydrogens is 183 g/mol. The van der Waals surface area contributed by atoms with Gasteiger partial charge in [-0.05, 0) is 30.0 Å². The van der Waals surface area contributed by atoms with Crippen LogP contribution in [-0.4, -0.2) is 11.1 Å². The van der Waals surface area contributed by atoms with Crippen LogP contribution in [0.25, 0.3) is 0 Å². The van der Waals surface area contributed by atoms with Crippen molar-refractivity contribution in [2.24, 2.45) is 0 Å². The SMILES string of the molecule is CCC(C)c1cccc(C(=O)O)c1.F. The predicted octanol–water partition coefficient (Wildman–Crippen LogP) is 3.05. The van der Waals surface area contributed by atoms with Gasteiger partial charge < -0.3 is 5.11 Å². The molecule has 0 saturated carbocycles. The van der Waals surface area contributed by atoms with Crippen LogP contribution in [0.15, 0.2) is 24.3 Å². The lowest BCUT2D eigenvalue weighted by molar-refractivity contribution is 0.0696. The second kappa shape index (κ2) is 5.37. The fourth-order valence-electron chi connectivity index (χ4n) is 1.21. The van der Waals surface area contributed by atoms with E-state index < -0.39 is 5.97 Å². The smallest absolute Gasteiger partial charge is 0.335 e. The molecule has 2 nitrogen and oxygen atoms in total. The molecule has 1 N–H and O–H groups in total. The Morgan fingerprint density at radius 2 is 2.14 bits per heavy atom. The Labute approximate surface area is 82.9 Å². The van der Waals surface area contributed by atoms with E-state index in [9.17, 15) is 4.79 Å². The van der Waals surface area contributed by atoms with Gasteiger partial charge in [-0.3, -0.25) is 4.70 Å². The van der Waals surface area contributed by atoms with Gasteiger partial charge in [-0.2, -0.15) is 0 Å². The summed E-state index contributed by atoms with van der Waals surface area (Å²) in [6.45, 7) is 4.19. The molecule has 0 amide bonds. The molecule has 0 spiro atoms. The minimum atomic E-state index is -0.856. The average molecular weight is 198 g/mol. The third-order valence-corrected chi connectivity index (χ3v) is 2.31. The third-order valence-electron chi connectivity index (χ3n) is 2.31. The Morgan fingerprint density at radius 3 is 2.64 bits per heavy atom. The van der Waals surface area contributed by atoms with E-state index in [0.29, 0.717) is 11.5 Å². The molecule has 1 rings (SSSR count). The highest BCUT2D eigenvalue weighted by Gasteiger charge is 2.06. The monoisotopic (exact) mass is 198 g/mol. The highest BCUT2D eigenvalue weighted by molar-refractivity contribution is 5.87. The van der Waals surface area contributed by atoms with E-state index in [1.807, 2.05) is 6.07 Å². The first-order valence-electron chi connectivity index (χ1n) is 4.48. The number of rotatable bonds is 3. The molecule has 0 heterocycles. The standard InChI is InChI=1S/C11H14O2.FH/c1-3-8(2)9-5-4-6-10(7-9)11(12)13;/h4-8H,3H2,1-2H3,(H,12,13);1H. The number of hydrogen-bond donors (Lipinski definition) is 1. The van der Waals surface area contributed by atoms with Gasteiger partial charge in [0.25, 0.3) is 0 Å². The molecule has 0 bridgehead atoms. The molecule has 0 aliphatic heterocycles. The Balaban J connectivity index is 0.00000169. The molecule has 0 aromatic heterocycles. The normalized spacial score (nSPS) is 11.6. The van der Waals surface area contributed by atoms with Gasteiger partial charge >= 0.3 is 5.97 Å². The van der Waals surface area contributed by atoms with Crippen molar-refractivity contribution in [3.8, 4) is 0 Å². The first-order valence-corrected chi connectivity index (χ1v) is 4.48. The van der Waals surface area contributed by atoms with Gasteiger partial charge in [0.15, 0.2) is 0 Å². The third kappa shape index (κ3) is 2.83. The van der Waals surface area contributed by atoms with Crippen LogP contribution in [0.3, 0.4) is 0 Å². The van der Waals surface area contributed by atoms with Gasteiger partial charge in [0, 0.05) is 0 Å². The van der Waals surface area contributed by atoms with Crippen LogP contribution in [0.5, 0.6) is 0 Å². The van der Waals surface area contributed by atoms with E-state index in [4.69, 9.17) is 5.11 Å². The Hall–Kier alpha value is -1.38. The Bertz CT molecular complexity index is 310. The predicted molar refractivity (Wildman–Crippen MR) is 54.6 cm³/mol. The van der Waals surface area contributed by atoms with Gasteiger partial charge in [-0.25, -0.2) is 4.79 Å². The van der Waals surface area contributed by atoms with Crippen molar-refractivity contribution in [2.75, 3.05) is 0 Å². The topological polar surface area (TPSA) is 37.3 Å². The maximum Gasteiger partial charge on any atom is 0.335 e. The van der Waals surface area contributed by atoms with Crippen molar-refractivity contribution in [3.63, 3.8) is 0 Å². The molecule has 0 saturated heterocycles. The molecule has 1 aromatic carbocycles. The summed E-state index contributed by atoms with van der Waals surface area (Å²) >= 11 is 0. The van der Waals surface area contributed by atoms with E-state index in [2.05, 4.69) is 13.8 Å². The number of carboxylic acid groups (broad SMARTS) is 1. The first kappa shape index (κ1) is 12.6. The number of hydrogen-bond acceptors (Lipinski definition) is 1. The second-order valence-corrected chi connectivity index (χ2v) is 3.24. The van der Waals surface area contributed by atoms with Crippen molar-refractivity contribution in [1.29, 1.82) is 0 Å². The zero-order valence-corrected chi connectivity index (χ0v) is 8.36. The molecule has 78 valence electrons. The van der Waals surface area contributed by atoms with Crippen LogP contribution in [0, 0.1) is 0 Å². The molecule has 14 heavy (non-hydrogen) atoms. The molecule has 0 aliphatic carbocycles. The van der Waals surface area contributed by atoms with Crippen molar-refractivity contribution < 1.29 is 14.6 Å². The summed E-state index contributed by atoms with van der Waals surface area (Å²) in [4.78, 5) is 10.7. The van der Waals surface area contributed by atoms with E-state index in [1.54, 1.807) is 18.2 Å². The van der Waals surface area contributed by atoms with Crippen LogP contribution in [0.4, 0.5) is 4.70 Å². The highest BCUT2D eigenvalue weighted by atomic mass is 19.0. The maximum atomic E-state index is 10.7. The quantitative estimate of drug-likeness (QED) is 0.810. The summed E-state index contributed by atoms with van der Waals surface area (Å²) in [5, 5.41) is 8.76. The number of carbonyl (C=O) groups is 1. The van der Waals surface area contributed by atoms with Crippen LogP contribution in [-0.2, 0) is 0 Å². The zero-order chi connectivity index (χ0) is 9.84. The summed E-state index contributed by atoms with van der Waals surface area (Å²) < 4.78 is 0. The molecule has 1 atom stereocenters. The lowest BCUT2D eigenvalue weighted by atomic mass is 9.97. The zero-order valence-electron chi connectivity index (χ0n) is 8.36. The maximum absolute atomic E-state index is 10.7. The van der Waals surface area contributed by atoms with Gasteiger partial charge in [0.2, 0.25) is 0 Å². The van der Waals surface area contributed by atoms with Crippen molar-refractivity contribution in [3.05, 3.63) is 35.4 Å². The number of carboxylic acids is 1. The minimum Gasteiger partial charge on any atom is -0.478 e. The van der Waals surface area contributed by atoms with Crippen LogP contribution >= 0.6 is 0 Å². The van der Waals surface area contributed by atoms with Crippen molar-refractivity contribution in [1.82, 2.24) is 0 Å². The largest absolute Gasteiger partial charge is 0.478 e. The van der Waals surface area contributed by atoms with Crippen LogP contribution in [0.2, 0.25) is 0 Å². The lowest BCUT2D eigenvalue weighted by Gasteiger charge is -2.08. The van der Waals surface area contributed by atoms with Gasteiger partial charge in [-0.1, -0.05) is 26.0 Å². The summed E-state index contributed by atoms with van der Waals surface area (Å²) in [5.74, 6) is -0.426. The Morgan fingerprint density at radius 1 is 1.50 bits per heavy atom. The van der Waals surface area contributed by atoms with Crippen LogP contribution < -0.4 is 0 Å². The second-order valence-electron chi connectivity index (χ2n) is 3.24. The van der Waals surface area contributed by atoms with Crippen LogP contribution in [0.1, 0.15) is 42.1 Å². The summed E-state index contributed by atoms with van der Waals surface area (Å²) in [7, 11) is 0. The molecule has 0 radical (unpaired) electrons. The highest BCUT2D eigenvalue weighted by Crippen LogP contribution is 2.19. The lowest BCUT2D eigenvalue weighted by Crippen LogP contribution is -1.98. The molecular formula is C11H15FO2. The van der Waals surface area contributed by atoms with Gasteiger partial charge in [0.1, 0.15) is 0 Å². The number of aromatic carboxylic acids is 1. The van der Waals surface area contributed by atoms with Gasteiger partial charge in [0.05, 0.1) is 5.56 Å². The van der Waals surface area contributed by atoms with E-state index >= 15 is 0 Å². The summed E-state index contributed by atoms with van der Waals surface area (Å²) in [5.41, 5.74) is 1.47. The molecule has 0 fully saturated rings. The molecule has 1 unspecified atom stereocenters. The van der Waals surface area contributed by atoms with E-state index in [1.165, 1.54) is 0 Å². The molecule has 0 aliphatic rings. The van der Waals surface area contributed by atoms with Crippen molar-refractivity contribution >= 4 is 5.97 Å². The minimum absolute atomic E-state index is 0.